The minimum absolute atomic E-state index is 0.164. The summed E-state index contributed by atoms with van der Waals surface area (Å²) in [5.74, 6) is 0.182. The maximum atomic E-state index is 12.5. The molecular formula is C16H25N3O3. The lowest BCUT2D eigenvalue weighted by Gasteiger charge is -2.30. The molecular weight excluding hydrogens is 282 g/mol. The quantitative estimate of drug-likeness (QED) is 0.771. The molecule has 2 aliphatic carbocycles. The van der Waals surface area contributed by atoms with Gasteiger partial charge in [0.2, 0.25) is 5.91 Å². The Labute approximate surface area is 131 Å². The third kappa shape index (κ3) is 2.71. The first-order valence-corrected chi connectivity index (χ1v) is 8.35. The molecule has 6 heteroatoms. The minimum atomic E-state index is -0.810. The molecule has 1 aliphatic heterocycles. The maximum Gasteiger partial charge on any atom is 0.325 e. The summed E-state index contributed by atoms with van der Waals surface area (Å²) in [5.41, 5.74) is -0.810. The molecule has 0 aromatic heterocycles. The molecule has 6 nitrogen and oxygen atoms in total. The van der Waals surface area contributed by atoms with Gasteiger partial charge in [0.1, 0.15) is 12.1 Å². The first-order valence-electron chi connectivity index (χ1n) is 8.35. The molecule has 3 unspecified atom stereocenters. The molecule has 22 heavy (non-hydrogen) atoms. The van der Waals surface area contributed by atoms with Crippen LogP contribution in [0.2, 0.25) is 0 Å². The lowest BCUT2D eigenvalue weighted by Crippen LogP contribution is -2.48. The van der Waals surface area contributed by atoms with Gasteiger partial charge < -0.3 is 10.6 Å². The van der Waals surface area contributed by atoms with Gasteiger partial charge in [0, 0.05) is 6.04 Å². The molecule has 2 N–H and O–H groups in total. The van der Waals surface area contributed by atoms with Gasteiger partial charge in [-0.2, -0.15) is 0 Å². The first-order chi connectivity index (χ1) is 10.4. The third-order valence-electron chi connectivity index (χ3n) is 5.45. The van der Waals surface area contributed by atoms with E-state index in [-0.39, 0.29) is 30.3 Å². The highest BCUT2D eigenvalue weighted by molar-refractivity contribution is 6.09. The Kier molecular flexibility index (Phi) is 3.87. The first kappa shape index (κ1) is 15.3. The molecule has 0 radical (unpaired) electrons. The molecule has 3 rings (SSSR count). The highest BCUT2D eigenvalue weighted by atomic mass is 16.2. The number of hydrogen-bond acceptors (Lipinski definition) is 3. The fraction of sp³-hybridized carbons (Fsp3) is 0.812. The number of rotatable bonds is 4. The van der Waals surface area contributed by atoms with Gasteiger partial charge in [-0.1, -0.05) is 19.8 Å². The monoisotopic (exact) mass is 307 g/mol. The van der Waals surface area contributed by atoms with E-state index in [1.807, 2.05) is 0 Å². The molecule has 0 aromatic rings. The molecule has 3 fully saturated rings. The zero-order valence-corrected chi connectivity index (χ0v) is 13.4. The number of amides is 4. The number of hydrogen-bond donors (Lipinski definition) is 2. The molecule has 1 heterocycles. The van der Waals surface area contributed by atoms with Crippen LogP contribution in [0.15, 0.2) is 0 Å². The number of nitrogens with zero attached hydrogens (tertiary/aromatic N) is 1. The van der Waals surface area contributed by atoms with Gasteiger partial charge >= 0.3 is 6.03 Å². The van der Waals surface area contributed by atoms with Crippen LogP contribution in [0, 0.1) is 11.8 Å². The second-order valence-electron chi connectivity index (χ2n) is 7.23. The zero-order chi connectivity index (χ0) is 15.9. The van der Waals surface area contributed by atoms with Gasteiger partial charge in [-0.15, -0.1) is 0 Å². The number of carbonyl (C=O) groups excluding carboxylic acids is 3. The van der Waals surface area contributed by atoms with Gasteiger partial charge in [-0.3, -0.25) is 14.5 Å². The summed E-state index contributed by atoms with van der Waals surface area (Å²) in [6.45, 7) is 3.74. The van der Waals surface area contributed by atoms with Crippen LogP contribution in [0.4, 0.5) is 4.79 Å². The van der Waals surface area contributed by atoms with Crippen molar-refractivity contribution in [3.8, 4) is 0 Å². The minimum Gasteiger partial charge on any atom is -0.352 e. The summed E-state index contributed by atoms with van der Waals surface area (Å²) in [7, 11) is 0. The Morgan fingerprint density at radius 2 is 1.95 bits per heavy atom. The smallest absolute Gasteiger partial charge is 0.325 e. The lowest BCUT2D eigenvalue weighted by atomic mass is 9.86. The molecule has 0 spiro atoms. The van der Waals surface area contributed by atoms with Crippen molar-refractivity contribution >= 4 is 17.8 Å². The van der Waals surface area contributed by atoms with Crippen LogP contribution < -0.4 is 10.6 Å². The second-order valence-corrected chi connectivity index (χ2v) is 7.23. The summed E-state index contributed by atoms with van der Waals surface area (Å²) in [6, 6.07) is -0.275. The third-order valence-corrected chi connectivity index (χ3v) is 5.45. The average Bonchev–Trinajstić information content (AvgIpc) is 3.28. The zero-order valence-electron chi connectivity index (χ0n) is 13.4. The van der Waals surface area contributed by atoms with Gasteiger partial charge in [0.15, 0.2) is 0 Å². The fourth-order valence-corrected chi connectivity index (χ4v) is 3.72. The highest BCUT2D eigenvalue weighted by Crippen LogP contribution is 2.42. The van der Waals surface area contributed by atoms with Crippen LogP contribution in [0.3, 0.4) is 0 Å². The number of carbonyl (C=O) groups is 3. The molecule has 3 atom stereocenters. The Bertz CT molecular complexity index is 503. The van der Waals surface area contributed by atoms with Crippen molar-refractivity contribution in [2.45, 2.75) is 64.0 Å². The Morgan fingerprint density at radius 3 is 2.59 bits per heavy atom. The molecule has 2 saturated carbocycles. The van der Waals surface area contributed by atoms with E-state index in [0.717, 1.165) is 37.0 Å². The van der Waals surface area contributed by atoms with Crippen molar-refractivity contribution in [1.82, 2.24) is 15.5 Å². The largest absolute Gasteiger partial charge is 0.352 e. The van der Waals surface area contributed by atoms with Gasteiger partial charge in [0.05, 0.1) is 0 Å². The molecule has 0 aromatic carbocycles. The lowest BCUT2D eigenvalue weighted by molar-refractivity contribution is -0.135. The van der Waals surface area contributed by atoms with E-state index in [1.165, 1.54) is 6.42 Å². The Balaban J connectivity index is 1.59. The van der Waals surface area contributed by atoms with E-state index < -0.39 is 11.6 Å². The summed E-state index contributed by atoms with van der Waals surface area (Å²) in [6.07, 6.45) is 6.35. The van der Waals surface area contributed by atoms with Crippen LogP contribution >= 0.6 is 0 Å². The summed E-state index contributed by atoms with van der Waals surface area (Å²) >= 11 is 0. The number of urea groups is 1. The fourth-order valence-electron chi connectivity index (χ4n) is 3.72. The summed E-state index contributed by atoms with van der Waals surface area (Å²) in [4.78, 5) is 37.8. The number of imide groups is 1. The highest BCUT2D eigenvalue weighted by Gasteiger charge is 2.56. The van der Waals surface area contributed by atoms with Crippen molar-refractivity contribution < 1.29 is 14.4 Å². The van der Waals surface area contributed by atoms with Crippen molar-refractivity contribution in [1.29, 1.82) is 0 Å². The van der Waals surface area contributed by atoms with Crippen LogP contribution in [-0.2, 0) is 9.59 Å². The Hall–Kier alpha value is -1.59. The molecule has 122 valence electrons. The predicted octanol–water partition coefficient (Wildman–Crippen LogP) is 1.40. The summed E-state index contributed by atoms with van der Waals surface area (Å²) in [5, 5.41) is 5.76. The van der Waals surface area contributed by atoms with Crippen molar-refractivity contribution in [3.05, 3.63) is 0 Å². The normalized spacial score (nSPS) is 35.5. The van der Waals surface area contributed by atoms with Gasteiger partial charge in [-0.25, -0.2) is 4.79 Å². The van der Waals surface area contributed by atoms with Crippen LogP contribution in [0.5, 0.6) is 0 Å². The maximum absolute atomic E-state index is 12.5. The topological polar surface area (TPSA) is 78.5 Å². The molecule has 4 amide bonds. The van der Waals surface area contributed by atoms with Crippen molar-refractivity contribution in [2.75, 3.05) is 6.54 Å². The number of nitrogens with one attached hydrogen (secondary N) is 2. The van der Waals surface area contributed by atoms with Crippen molar-refractivity contribution in [3.63, 3.8) is 0 Å². The summed E-state index contributed by atoms with van der Waals surface area (Å²) < 4.78 is 0. The standard InChI is InChI=1S/C16H25N3O3/c1-10-5-3-4-6-12(10)17-13(20)9-19-14(21)16(2,11-7-8-11)18-15(19)22/h10-12H,3-9H2,1-2H3,(H,17,20)(H,18,22). The second kappa shape index (κ2) is 5.56. The van der Waals surface area contributed by atoms with E-state index in [0.29, 0.717) is 5.92 Å². The van der Waals surface area contributed by atoms with Crippen molar-refractivity contribution in [2.24, 2.45) is 11.8 Å². The van der Waals surface area contributed by atoms with E-state index in [9.17, 15) is 14.4 Å². The predicted molar refractivity (Wildman–Crippen MR) is 80.9 cm³/mol. The SMILES string of the molecule is CC1CCCCC1NC(=O)CN1C(=O)NC(C)(C2CC2)C1=O. The van der Waals surface area contributed by atoms with E-state index in [4.69, 9.17) is 0 Å². The van der Waals surface area contributed by atoms with Crippen LogP contribution in [0.25, 0.3) is 0 Å². The van der Waals surface area contributed by atoms with Gasteiger partial charge in [0.25, 0.3) is 5.91 Å². The van der Waals surface area contributed by atoms with Crippen LogP contribution in [-0.4, -0.2) is 40.9 Å². The average molecular weight is 307 g/mol. The van der Waals surface area contributed by atoms with E-state index in [1.54, 1.807) is 6.92 Å². The van der Waals surface area contributed by atoms with Gasteiger partial charge in [-0.05, 0) is 44.4 Å². The van der Waals surface area contributed by atoms with E-state index in [2.05, 4.69) is 17.6 Å². The molecule has 0 bridgehead atoms. The molecule has 3 aliphatic rings. The Morgan fingerprint density at radius 1 is 1.27 bits per heavy atom. The van der Waals surface area contributed by atoms with Crippen LogP contribution in [0.1, 0.15) is 52.4 Å². The molecule has 1 saturated heterocycles. The van der Waals surface area contributed by atoms with E-state index >= 15 is 0 Å².